The monoisotopic (exact) mass is 302 g/mol. The molecule has 3 atom stereocenters. The molecule has 1 aromatic heterocycles. The summed E-state index contributed by atoms with van der Waals surface area (Å²) in [4.78, 5) is 4.08. The zero-order valence-corrected chi connectivity index (χ0v) is 12.9. The quantitative estimate of drug-likeness (QED) is 0.789. The third kappa shape index (κ3) is 2.93. The average molecular weight is 303 g/mol. The van der Waals surface area contributed by atoms with Crippen LogP contribution in [0.25, 0.3) is 0 Å². The number of pyridine rings is 1. The zero-order valence-electron chi connectivity index (χ0n) is 11.4. The van der Waals surface area contributed by atoms with Crippen LogP contribution in [0.15, 0.2) is 23.2 Å². The summed E-state index contributed by atoms with van der Waals surface area (Å²) >= 11 is 5.70. The summed E-state index contributed by atoms with van der Waals surface area (Å²) < 4.78 is 26.9. The first kappa shape index (κ1) is 14.8. The molecule has 1 saturated heterocycles. The van der Waals surface area contributed by atoms with Gasteiger partial charge in [-0.15, -0.1) is 0 Å². The summed E-state index contributed by atoms with van der Waals surface area (Å²) in [7, 11) is -3.48. The van der Waals surface area contributed by atoms with Gasteiger partial charge in [0.15, 0.2) is 0 Å². The van der Waals surface area contributed by atoms with Gasteiger partial charge in [0.1, 0.15) is 10.0 Å². The van der Waals surface area contributed by atoms with Crippen molar-refractivity contribution in [3.8, 4) is 0 Å². The van der Waals surface area contributed by atoms with Gasteiger partial charge in [-0.3, -0.25) is 0 Å². The molecule has 0 amide bonds. The second-order valence-corrected chi connectivity index (χ2v) is 7.73. The Morgan fingerprint density at radius 2 is 2.00 bits per heavy atom. The summed E-state index contributed by atoms with van der Waals surface area (Å²) in [6.07, 6.45) is 2.39. The molecule has 1 aliphatic heterocycles. The predicted molar refractivity (Wildman–Crippen MR) is 75.5 cm³/mol. The van der Waals surface area contributed by atoms with Crippen LogP contribution in [0.1, 0.15) is 27.2 Å². The first-order chi connectivity index (χ1) is 8.82. The minimum Gasteiger partial charge on any atom is -0.243 e. The van der Waals surface area contributed by atoms with Gasteiger partial charge in [0.2, 0.25) is 10.0 Å². The van der Waals surface area contributed by atoms with Gasteiger partial charge in [-0.05, 0) is 37.3 Å². The second kappa shape index (κ2) is 5.38. The van der Waals surface area contributed by atoms with E-state index in [0.29, 0.717) is 23.5 Å². The maximum Gasteiger partial charge on any atom is 0.244 e. The maximum atomic E-state index is 12.6. The Kier molecular flexibility index (Phi) is 4.18. The fourth-order valence-electron chi connectivity index (χ4n) is 2.63. The summed E-state index contributed by atoms with van der Waals surface area (Å²) in [5.41, 5.74) is 0. The molecule has 0 radical (unpaired) electrons. The Morgan fingerprint density at radius 3 is 2.58 bits per heavy atom. The van der Waals surface area contributed by atoms with E-state index in [4.69, 9.17) is 11.6 Å². The highest BCUT2D eigenvalue weighted by Crippen LogP contribution is 2.31. The number of nitrogens with zero attached hydrogens (tertiary/aromatic N) is 2. The van der Waals surface area contributed by atoms with Crippen molar-refractivity contribution in [3.63, 3.8) is 0 Å². The van der Waals surface area contributed by atoms with Crippen molar-refractivity contribution < 1.29 is 8.42 Å². The number of hydrogen-bond donors (Lipinski definition) is 0. The third-order valence-corrected chi connectivity index (χ3v) is 6.01. The number of sulfonamides is 1. The van der Waals surface area contributed by atoms with Crippen LogP contribution in [0.2, 0.25) is 5.15 Å². The molecule has 106 valence electrons. The fourth-order valence-corrected chi connectivity index (χ4v) is 4.54. The second-order valence-electron chi connectivity index (χ2n) is 5.45. The molecule has 0 saturated carbocycles. The van der Waals surface area contributed by atoms with Crippen molar-refractivity contribution in [2.75, 3.05) is 6.54 Å². The van der Waals surface area contributed by atoms with Gasteiger partial charge >= 0.3 is 0 Å². The van der Waals surface area contributed by atoms with Crippen molar-refractivity contribution in [2.24, 2.45) is 11.8 Å². The molecule has 1 fully saturated rings. The smallest absolute Gasteiger partial charge is 0.243 e. The summed E-state index contributed by atoms with van der Waals surface area (Å²) in [6, 6.07) is 3.04. The van der Waals surface area contributed by atoms with Crippen LogP contribution in [-0.2, 0) is 10.0 Å². The van der Waals surface area contributed by atoms with Gasteiger partial charge < -0.3 is 0 Å². The molecule has 0 spiro atoms. The molecular formula is C13H19ClN2O2S. The van der Waals surface area contributed by atoms with E-state index in [2.05, 4.69) is 18.8 Å². The molecule has 4 nitrogen and oxygen atoms in total. The van der Waals surface area contributed by atoms with E-state index in [0.717, 1.165) is 6.42 Å². The third-order valence-electron chi connectivity index (χ3n) is 3.85. The average Bonchev–Trinajstić information content (AvgIpc) is 2.34. The van der Waals surface area contributed by atoms with E-state index in [1.165, 1.54) is 18.3 Å². The van der Waals surface area contributed by atoms with E-state index >= 15 is 0 Å². The Bertz CT molecular complexity index is 544. The lowest BCUT2D eigenvalue weighted by Gasteiger charge is -2.39. The van der Waals surface area contributed by atoms with Gasteiger partial charge in [-0.25, -0.2) is 13.4 Å². The number of piperidine rings is 1. The van der Waals surface area contributed by atoms with Gasteiger partial charge in [-0.2, -0.15) is 4.31 Å². The van der Waals surface area contributed by atoms with Crippen LogP contribution in [0.5, 0.6) is 0 Å². The van der Waals surface area contributed by atoms with Crippen molar-refractivity contribution >= 4 is 21.6 Å². The van der Waals surface area contributed by atoms with E-state index in [9.17, 15) is 8.42 Å². The lowest BCUT2D eigenvalue weighted by molar-refractivity contribution is 0.157. The number of halogens is 1. The van der Waals surface area contributed by atoms with Crippen molar-refractivity contribution in [3.05, 3.63) is 23.5 Å². The minimum atomic E-state index is -3.48. The van der Waals surface area contributed by atoms with E-state index < -0.39 is 10.0 Å². The lowest BCUT2D eigenvalue weighted by atomic mass is 9.88. The molecule has 1 aromatic rings. The standard InChI is InChI=1S/C13H19ClN2O2S/c1-9-6-10(2)11(3)16(8-9)19(17,18)12-4-5-13(14)15-7-12/h4-5,7,9-11H,6,8H2,1-3H3. The van der Waals surface area contributed by atoms with Crippen LogP contribution in [0.4, 0.5) is 0 Å². The molecule has 0 N–H and O–H groups in total. The van der Waals surface area contributed by atoms with E-state index in [-0.39, 0.29) is 10.9 Å². The minimum absolute atomic E-state index is 0.0110. The van der Waals surface area contributed by atoms with Crippen molar-refractivity contribution in [2.45, 2.75) is 38.1 Å². The first-order valence-electron chi connectivity index (χ1n) is 6.45. The Hall–Kier alpha value is -0.650. The van der Waals surface area contributed by atoms with Crippen LogP contribution in [0.3, 0.4) is 0 Å². The molecule has 19 heavy (non-hydrogen) atoms. The van der Waals surface area contributed by atoms with E-state index in [1.807, 2.05) is 6.92 Å². The zero-order chi connectivity index (χ0) is 14.2. The molecule has 1 aliphatic rings. The van der Waals surface area contributed by atoms with Gasteiger partial charge in [0.05, 0.1) is 0 Å². The molecule has 3 unspecified atom stereocenters. The summed E-state index contributed by atoms with van der Waals surface area (Å²) in [6.45, 7) is 6.72. The number of hydrogen-bond acceptors (Lipinski definition) is 3. The molecule has 2 heterocycles. The van der Waals surface area contributed by atoms with Crippen molar-refractivity contribution in [1.29, 1.82) is 0 Å². The van der Waals surface area contributed by atoms with E-state index in [1.54, 1.807) is 4.31 Å². The summed E-state index contributed by atoms with van der Waals surface area (Å²) in [5, 5.41) is 0.298. The molecular weight excluding hydrogens is 284 g/mol. The van der Waals surface area contributed by atoms with Crippen LogP contribution >= 0.6 is 11.6 Å². The normalized spacial score (nSPS) is 29.4. The highest BCUT2D eigenvalue weighted by atomic mass is 35.5. The number of rotatable bonds is 2. The molecule has 0 aliphatic carbocycles. The Labute approximate surface area is 119 Å². The molecule has 0 bridgehead atoms. The highest BCUT2D eigenvalue weighted by Gasteiger charge is 2.37. The van der Waals surface area contributed by atoms with Gasteiger partial charge in [0.25, 0.3) is 0 Å². The molecule has 0 aromatic carbocycles. The SMILES string of the molecule is CC1CC(C)C(C)N(S(=O)(=O)c2ccc(Cl)nc2)C1. The molecule has 6 heteroatoms. The Balaban J connectivity index is 2.35. The topological polar surface area (TPSA) is 50.3 Å². The maximum absolute atomic E-state index is 12.6. The van der Waals surface area contributed by atoms with Crippen molar-refractivity contribution in [1.82, 2.24) is 9.29 Å². The predicted octanol–water partition coefficient (Wildman–Crippen LogP) is 2.79. The lowest BCUT2D eigenvalue weighted by Crippen LogP contribution is -2.48. The van der Waals surface area contributed by atoms with Crippen LogP contribution in [0, 0.1) is 11.8 Å². The van der Waals surface area contributed by atoms with Crippen LogP contribution in [-0.4, -0.2) is 30.3 Å². The summed E-state index contributed by atoms with van der Waals surface area (Å²) in [5.74, 6) is 0.736. The highest BCUT2D eigenvalue weighted by molar-refractivity contribution is 7.89. The molecule has 2 rings (SSSR count). The number of aromatic nitrogens is 1. The Morgan fingerprint density at radius 1 is 1.32 bits per heavy atom. The fraction of sp³-hybridized carbons (Fsp3) is 0.615. The van der Waals surface area contributed by atoms with Gasteiger partial charge in [0, 0.05) is 18.8 Å². The van der Waals surface area contributed by atoms with Crippen LogP contribution < -0.4 is 0 Å². The largest absolute Gasteiger partial charge is 0.244 e. The van der Waals surface area contributed by atoms with Gasteiger partial charge in [-0.1, -0.05) is 25.4 Å². The first-order valence-corrected chi connectivity index (χ1v) is 8.27.